The number of allylic oxidation sites excluding steroid dienone is 4. The summed E-state index contributed by atoms with van der Waals surface area (Å²) in [6, 6.07) is 0. The van der Waals surface area contributed by atoms with E-state index in [1.807, 2.05) is 0 Å². The predicted molar refractivity (Wildman–Crippen MR) is 94.0 cm³/mol. The normalized spacial score (nSPS) is 16.6. The van der Waals surface area contributed by atoms with Crippen LogP contribution in [0.2, 0.25) is 0 Å². The van der Waals surface area contributed by atoms with Gasteiger partial charge in [-0.1, -0.05) is 95.2 Å². The van der Waals surface area contributed by atoms with Gasteiger partial charge in [-0.3, -0.25) is 0 Å². The zero-order valence-electron chi connectivity index (χ0n) is 16.2. The molecule has 0 saturated heterocycles. The van der Waals surface area contributed by atoms with Crippen molar-refractivity contribution in [2.24, 2.45) is 21.7 Å². The van der Waals surface area contributed by atoms with Gasteiger partial charge in [0.25, 0.3) is 0 Å². The molecule has 0 aliphatic rings. The summed E-state index contributed by atoms with van der Waals surface area (Å²) in [5.41, 5.74) is 3.71. The molecule has 0 unspecified atom stereocenters. The molecular weight excluding hydrogens is 240 g/mol. The molecule has 0 rings (SSSR count). The monoisotopic (exact) mass is 278 g/mol. The summed E-state index contributed by atoms with van der Waals surface area (Å²) < 4.78 is 0. The number of hydrogen-bond acceptors (Lipinski definition) is 0. The van der Waals surface area contributed by atoms with E-state index in [2.05, 4.69) is 95.2 Å². The summed E-state index contributed by atoms with van der Waals surface area (Å²) in [5.74, 6) is 0. The van der Waals surface area contributed by atoms with Crippen LogP contribution in [0, 0.1) is 21.7 Å². The lowest BCUT2D eigenvalue weighted by atomic mass is 9.68. The molecule has 0 aliphatic carbocycles. The van der Waals surface area contributed by atoms with E-state index in [0.717, 1.165) is 0 Å². The fourth-order valence-corrected chi connectivity index (χ4v) is 2.26. The van der Waals surface area contributed by atoms with Crippen LogP contribution in [-0.2, 0) is 0 Å². The predicted octanol–water partition coefficient (Wildman–Crippen LogP) is 7.02. The van der Waals surface area contributed by atoms with Gasteiger partial charge < -0.3 is 0 Å². The Morgan fingerprint density at radius 3 is 0.750 bits per heavy atom. The lowest BCUT2D eigenvalue weighted by molar-refractivity contribution is 0.418. The Bertz CT molecular complexity index is 336. The van der Waals surface area contributed by atoms with E-state index in [-0.39, 0.29) is 21.7 Å². The third-order valence-electron chi connectivity index (χ3n) is 3.06. The molecule has 0 bridgehead atoms. The van der Waals surface area contributed by atoms with Crippen LogP contribution in [0.25, 0.3) is 0 Å². The summed E-state index contributed by atoms with van der Waals surface area (Å²) in [4.78, 5) is 0. The first-order valence-electron chi connectivity index (χ1n) is 7.90. The average molecular weight is 279 g/mol. The summed E-state index contributed by atoms with van der Waals surface area (Å²) in [7, 11) is 0. The molecule has 0 saturated carbocycles. The van der Waals surface area contributed by atoms with Crippen LogP contribution < -0.4 is 0 Å². The molecule has 0 radical (unpaired) electrons. The molecule has 0 amide bonds. The van der Waals surface area contributed by atoms with Gasteiger partial charge >= 0.3 is 0 Å². The maximum atomic E-state index is 2.47. The fourth-order valence-electron chi connectivity index (χ4n) is 2.26. The maximum Gasteiger partial charge on any atom is -0.0132 e. The Labute approximate surface area is 128 Å². The van der Waals surface area contributed by atoms with Crippen LogP contribution in [0.1, 0.15) is 83.1 Å². The van der Waals surface area contributed by atoms with Crippen LogP contribution in [0.4, 0.5) is 0 Å². The first kappa shape index (κ1) is 19.5. The van der Waals surface area contributed by atoms with E-state index in [4.69, 9.17) is 0 Å². The van der Waals surface area contributed by atoms with Crippen LogP contribution in [0.3, 0.4) is 0 Å². The van der Waals surface area contributed by atoms with E-state index in [1.54, 1.807) is 0 Å². The van der Waals surface area contributed by atoms with Gasteiger partial charge in [0.1, 0.15) is 0 Å². The van der Waals surface area contributed by atoms with Crippen molar-refractivity contribution in [2.75, 3.05) is 0 Å². The van der Waals surface area contributed by atoms with Crippen molar-refractivity contribution >= 4 is 0 Å². The summed E-state index contributed by atoms with van der Waals surface area (Å²) in [5, 5.41) is 0. The van der Waals surface area contributed by atoms with Crippen LogP contribution in [0.15, 0.2) is 23.3 Å². The molecule has 0 heterocycles. The third kappa shape index (κ3) is 7.31. The van der Waals surface area contributed by atoms with Gasteiger partial charge in [-0.05, 0) is 32.8 Å². The second-order valence-corrected chi connectivity index (χ2v) is 10.3. The van der Waals surface area contributed by atoms with Gasteiger partial charge in [-0.15, -0.1) is 0 Å². The highest BCUT2D eigenvalue weighted by Gasteiger charge is 2.30. The van der Waals surface area contributed by atoms with Crippen molar-refractivity contribution in [1.29, 1.82) is 0 Å². The Kier molecular flexibility index (Phi) is 5.55. The first-order valence-corrected chi connectivity index (χ1v) is 7.90. The number of rotatable bonds is 1. The highest BCUT2D eigenvalue weighted by molar-refractivity contribution is 5.41. The van der Waals surface area contributed by atoms with Crippen molar-refractivity contribution in [3.63, 3.8) is 0 Å². The molecule has 0 atom stereocenters. The van der Waals surface area contributed by atoms with Gasteiger partial charge in [0.05, 0.1) is 0 Å². The van der Waals surface area contributed by atoms with E-state index in [9.17, 15) is 0 Å². The molecule has 0 spiro atoms. The second kappa shape index (κ2) is 5.70. The zero-order valence-corrected chi connectivity index (χ0v) is 16.2. The largest absolute Gasteiger partial charge is 0.0751 e. The summed E-state index contributed by atoms with van der Waals surface area (Å²) in [6.07, 6.45) is 4.94. The quantitative estimate of drug-likeness (QED) is 0.452. The minimum absolute atomic E-state index is 0.164. The molecule has 0 nitrogen and oxygen atoms in total. The van der Waals surface area contributed by atoms with Crippen molar-refractivity contribution in [1.82, 2.24) is 0 Å². The van der Waals surface area contributed by atoms with E-state index in [0.29, 0.717) is 0 Å². The van der Waals surface area contributed by atoms with Gasteiger partial charge in [-0.25, -0.2) is 0 Å². The Balaban J connectivity index is 6.23. The zero-order chi connectivity index (χ0) is 16.6. The molecule has 0 aromatic carbocycles. The summed E-state index contributed by atoms with van der Waals surface area (Å²) in [6.45, 7) is 27.7. The van der Waals surface area contributed by atoms with Crippen LogP contribution >= 0.6 is 0 Å². The third-order valence-corrected chi connectivity index (χ3v) is 3.06. The molecular formula is C20H38. The van der Waals surface area contributed by atoms with Crippen molar-refractivity contribution in [3.05, 3.63) is 23.3 Å². The average Bonchev–Trinajstić information content (AvgIpc) is 2.04. The number of hydrogen-bond donors (Lipinski definition) is 0. The molecule has 0 heteroatoms. The molecule has 0 N–H and O–H groups in total. The lowest BCUT2D eigenvalue weighted by Gasteiger charge is -2.36. The van der Waals surface area contributed by atoms with Crippen molar-refractivity contribution in [3.8, 4) is 0 Å². The van der Waals surface area contributed by atoms with E-state index >= 15 is 0 Å². The minimum Gasteiger partial charge on any atom is -0.0751 e. The lowest BCUT2D eigenvalue weighted by Crippen LogP contribution is -2.23. The van der Waals surface area contributed by atoms with E-state index in [1.165, 1.54) is 11.1 Å². The molecule has 118 valence electrons. The van der Waals surface area contributed by atoms with Gasteiger partial charge in [0, 0.05) is 0 Å². The Morgan fingerprint density at radius 1 is 0.450 bits per heavy atom. The topological polar surface area (TPSA) is 0 Å². The molecule has 0 aromatic heterocycles. The van der Waals surface area contributed by atoms with Gasteiger partial charge in [0.15, 0.2) is 0 Å². The van der Waals surface area contributed by atoms with E-state index < -0.39 is 0 Å². The Morgan fingerprint density at radius 2 is 0.650 bits per heavy atom. The second-order valence-electron chi connectivity index (χ2n) is 10.3. The van der Waals surface area contributed by atoms with Crippen LogP contribution in [0.5, 0.6) is 0 Å². The SMILES string of the molecule is CC(C)(C)C=C(C(=CC(C)(C)C)C(C)(C)C)C(C)(C)C. The standard InChI is InChI=1S/C20H38/c1-17(2,3)13-15(19(7,8)9)16(20(10,11)12)14-18(4,5)6/h13-14H,1-12H3. The van der Waals surface area contributed by atoms with Gasteiger partial charge in [0.2, 0.25) is 0 Å². The Hall–Kier alpha value is -0.520. The van der Waals surface area contributed by atoms with Crippen molar-refractivity contribution in [2.45, 2.75) is 83.1 Å². The molecule has 0 aliphatic heterocycles. The first-order chi connectivity index (χ1) is 8.43. The molecule has 0 aromatic rings. The van der Waals surface area contributed by atoms with Crippen molar-refractivity contribution < 1.29 is 0 Å². The maximum absolute atomic E-state index is 2.47. The van der Waals surface area contributed by atoms with Crippen LogP contribution in [-0.4, -0.2) is 0 Å². The molecule has 0 fully saturated rings. The highest BCUT2D eigenvalue weighted by Crippen LogP contribution is 2.44. The highest BCUT2D eigenvalue weighted by atomic mass is 14.4. The summed E-state index contributed by atoms with van der Waals surface area (Å²) >= 11 is 0. The minimum atomic E-state index is 0.164. The molecule has 20 heavy (non-hydrogen) atoms. The van der Waals surface area contributed by atoms with Gasteiger partial charge in [-0.2, -0.15) is 0 Å². The fraction of sp³-hybridized carbons (Fsp3) is 0.800. The smallest absolute Gasteiger partial charge is 0.0132 e.